The summed E-state index contributed by atoms with van der Waals surface area (Å²) < 4.78 is 0. The van der Waals surface area contributed by atoms with Crippen molar-refractivity contribution in [2.45, 2.75) is 152 Å². The van der Waals surface area contributed by atoms with E-state index in [4.69, 9.17) is 11.6 Å². The molecule has 1 aliphatic heterocycles. The number of aryl methyl sites for hydroxylation is 2. The fourth-order valence-electron chi connectivity index (χ4n) is 9.91. The number of halogens is 1. The van der Waals surface area contributed by atoms with Crippen LogP contribution in [-0.4, -0.2) is 109 Å². The number of carbonyl (C=O) groups excluding carboxylic acids is 4. The average Bonchev–Trinajstić information content (AvgIpc) is 3.29. The van der Waals surface area contributed by atoms with E-state index in [1.54, 1.807) is 0 Å². The Labute approximate surface area is 395 Å². The maximum Gasteiger partial charge on any atom is 0.223 e. The smallest absolute Gasteiger partial charge is 0.223 e. The van der Waals surface area contributed by atoms with Crippen molar-refractivity contribution in [1.82, 2.24) is 30.7 Å². The summed E-state index contributed by atoms with van der Waals surface area (Å²) in [7, 11) is 8.64. The molecular weight excluding hydrogens is 832 g/mol. The number of rotatable bonds is 18. The van der Waals surface area contributed by atoms with E-state index in [1.165, 1.54) is 22.3 Å². The molecule has 10 nitrogen and oxygen atoms in total. The molecule has 354 valence electrons. The van der Waals surface area contributed by atoms with E-state index in [1.807, 2.05) is 48.2 Å². The average molecular weight is 910 g/mol. The summed E-state index contributed by atoms with van der Waals surface area (Å²) in [4.78, 5) is 56.0. The minimum absolute atomic E-state index is 0.00639. The van der Waals surface area contributed by atoms with Crippen molar-refractivity contribution in [3.63, 3.8) is 0 Å². The van der Waals surface area contributed by atoms with Crippen LogP contribution in [0.25, 0.3) is 0 Å². The van der Waals surface area contributed by atoms with Gasteiger partial charge in [-0.25, -0.2) is 0 Å². The second-order valence-electron chi connectivity index (χ2n) is 19.5. The molecule has 0 aromatic heterocycles. The van der Waals surface area contributed by atoms with Crippen LogP contribution in [0.2, 0.25) is 5.02 Å². The molecule has 1 unspecified atom stereocenters. The molecule has 6 rings (SSSR count). The molecule has 0 saturated heterocycles. The normalized spacial score (nSPS) is 22.4. The first-order valence-electron chi connectivity index (χ1n) is 24.1. The molecule has 3 aromatic carbocycles. The summed E-state index contributed by atoms with van der Waals surface area (Å²) in [5, 5.41) is 10.2. The van der Waals surface area contributed by atoms with Crippen molar-refractivity contribution < 1.29 is 19.2 Å². The van der Waals surface area contributed by atoms with Gasteiger partial charge in [-0.3, -0.25) is 19.2 Å². The predicted molar refractivity (Wildman–Crippen MR) is 265 cm³/mol. The first-order chi connectivity index (χ1) is 31.1. The minimum Gasteiger partial charge on any atom is -0.354 e. The Morgan fingerprint density at radius 2 is 1.20 bits per heavy atom. The van der Waals surface area contributed by atoms with Gasteiger partial charge >= 0.3 is 0 Å². The van der Waals surface area contributed by atoms with Gasteiger partial charge in [0.25, 0.3) is 0 Å². The molecule has 2 aliphatic carbocycles. The van der Waals surface area contributed by atoms with Crippen molar-refractivity contribution in [2.75, 3.05) is 41.3 Å². The Bertz CT molecular complexity index is 2000. The lowest BCUT2D eigenvalue weighted by molar-refractivity contribution is -0.133. The summed E-state index contributed by atoms with van der Waals surface area (Å²) in [5.41, 5.74) is 5.42. The lowest BCUT2D eigenvalue weighted by Gasteiger charge is -2.45. The van der Waals surface area contributed by atoms with Crippen LogP contribution in [0.4, 0.5) is 0 Å². The van der Waals surface area contributed by atoms with Crippen molar-refractivity contribution in [1.29, 1.82) is 0 Å². The monoisotopic (exact) mass is 909 g/mol. The van der Waals surface area contributed by atoms with Gasteiger partial charge in [0.2, 0.25) is 23.6 Å². The molecule has 65 heavy (non-hydrogen) atoms. The number of likely N-dealkylation sites (N-methyl/N-ethyl adjacent to an activating group) is 2. The van der Waals surface area contributed by atoms with E-state index < -0.39 is 0 Å². The van der Waals surface area contributed by atoms with E-state index in [2.05, 4.69) is 115 Å². The zero-order chi connectivity index (χ0) is 46.8. The molecule has 2 saturated carbocycles. The van der Waals surface area contributed by atoms with Gasteiger partial charge in [-0.2, -0.15) is 0 Å². The Morgan fingerprint density at radius 3 is 1.72 bits per heavy atom. The number of hydrogen-bond acceptors (Lipinski definition) is 6. The van der Waals surface area contributed by atoms with E-state index in [0.29, 0.717) is 13.0 Å². The molecule has 1 heterocycles. The van der Waals surface area contributed by atoms with Crippen molar-refractivity contribution in [3.05, 3.63) is 118 Å². The molecule has 11 heteroatoms. The highest BCUT2D eigenvalue weighted by atomic mass is 35.5. The first-order valence-corrected chi connectivity index (χ1v) is 24.5. The van der Waals surface area contributed by atoms with Crippen LogP contribution >= 0.6 is 11.6 Å². The molecule has 0 radical (unpaired) electrons. The van der Waals surface area contributed by atoms with Crippen LogP contribution in [0.3, 0.4) is 0 Å². The Balaban J connectivity index is 0.000000247. The van der Waals surface area contributed by atoms with Crippen LogP contribution < -0.4 is 16.0 Å². The van der Waals surface area contributed by atoms with Crippen LogP contribution in [0, 0.1) is 6.92 Å². The summed E-state index contributed by atoms with van der Waals surface area (Å²) in [6.45, 7) is 5.60. The second-order valence-corrected chi connectivity index (χ2v) is 19.9. The van der Waals surface area contributed by atoms with Crippen LogP contribution in [0.5, 0.6) is 0 Å². The standard InChI is InChI=1S/C30H43N3O2.C24H34ClN3O2/c1-23-9-8-12-26(21-23)22-30(33(3)4)19-17-27(18-20-30)32-29(35)16-15-28(34)31-24(2)13-14-25-10-6-5-7-11-25;1-27(2)24(18-19-7-6-8-20(25)17-19)13-11-21(12-14-24)26-22(29)9-10-23(30)28-15-4-3-5-16-28/h5-12,21,24,27H,13-20,22H2,1-4H3,(H,31,34)(H,32,35);3-4,6-8,17,21H,5,9-16,18H2,1-2H3,(H,26,29). The summed E-state index contributed by atoms with van der Waals surface area (Å²) in [5.74, 6) is 0.00616. The summed E-state index contributed by atoms with van der Waals surface area (Å²) in [6.07, 6.45) is 17.9. The highest BCUT2D eigenvalue weighted by Crippen LogP contribution is 2.37. The third-order valence-electron chi connectivity index (χ3n) is 14.2. The fraction of sp³-hybridized carbons (Fsp3) is 0.556. The maximum atomic E-state index is 12.5. The molecule has 1 atom stereocenters. The molecule has 2 fully saturated rings. The van der Waals surface area contributed by atoms with Crippen LogP contribution in [0.15, 0.2) is 91.0 Å². The molecule has 3 N–H and O–H groups in total. The van der Waals surface area contributed by atoms with E-state index in [9.17, 15) is 19.2 Å². The molecule has 0 bridgehead atoms. The fourth-order valence-corrected chi connectivity index (χ4v) is 10.1. The minimum atomic E-state index is -0.0471. The largest absolute Gasteiger partial charge is 0.354 e. The lowest BCUT2D eigenvalue weighted by atomic mass is 9.74. The van der Waals surface area contributed by atoms with Crippen LogP contribution in [0.1, 0.15) is 119 Å². The predicted octanol–water partition coefficient (Wildman–Crippen LogP) is 8.62. The molecule has 3 aromatic rings. The van der Waals surface area contributed by atoms with Gasteiger partial charge in [0.05, 0.1) is 0 Å². The first kappa shape index (κ1) is 51.5. The van der Waals surface area contributed by atoms with Gasteiger partial charge in [-0.15, -0.1) is 0 Å². The third kappa shape index (κ3) is 16.7. The quantitative estimate of drug-likeness (QED) is 0.110. The SMILES string of the molecule is CN(C)C1(Cc2cccc(Cl)c2)CCC(NC(=O)CCC(=O)N2CC=CCC2)CC1.Cc1cccc(CC2(N(C)C)CCC(NC(=O)CCC(=O)NC(C)CCc3ccccc3)CC2)c1. The molecule has 0 spiro atoms. The number of nitrogens with one attached hydrogen (secondary N) is 3. The molecular formula is C54H77ClN6O4. The van der Waals surface area contributed by atoms with Gasteiger partial charge in [-0.05, 0) is 154 Å². The molecule has 3 aliphatic rings. The van der Waals surface area contributed by atoms with E-state index in [0.717, 1.165) is 95.0 Å². The molecule has 4 amide bonds. The van der Waals surface area contributed by atoms with Gasteiger partial charge in [0.1, 0.15) is 0 Å². The highest BCUT2D eigenvalue weighted by Gasteiger charge is 2.39. The zero-order valence-corrected chi connectivity index (χ0v) is 40.9. The van der Waals surface area contributed by atoms with Gasteiger partial charge in [0, 0.05) is 73.0 Å². The summed E-state index contributed by atoms with van der Waals surface area (Å²) in [6, 6.07) is 27.7. The third-order valence-corrected chi connectivity index (χ3v) is 14.4. The number of carbonyl (C=O) groups is 4. The van der Waals surface area contributed by atoms with Gasteiger partial charge < -0.3 is 30.7 Å². The van der Waals surface area contributed by atoms with Crippen molar-refractivity contribution in [3.8, 4) is 0 Å². The Hall–Kier alpha value is -4.51. The number of benzene rings is 3. The van der Waals surface area contributed by atoms with Gasteiger partial charge in [-0.1, -0.05) is 96.0 Å². The maximum absolute atomic E-state index is 12.5. The Kier molecular flexibility index (Phi) is 20.1. The highest BCUT2D eigenvalue weighted by molar-refractivity contribution is 6.30. The number of nitrogens with zero attached hydrogens (tertiary/aromatic N) is 3. The van der Waals surface area contributed by atoms with E-state index in [-0.39, 0.29) is 72.1 Å². The van der Waals surface area contributed by atoms with Crippen molar-refractivity contribution in [2.24, 2.45) is 0 Å². The lowest BCUT2D eigenvalue weighted by Crippen LogP contribution is -2.52. The van der Waals surface area contributed by atoms with Crippen LogP contribution in [-0.2, 0) is 38.4 Å². The van der Waals surface area contributed by atoms with Crippen molar-refractivity contribution >= 4 is 35.2 Å². The number of hydrogen-bond donors (Lipinski definition) is 3. The number of amides is 4. The summed E-state index contributed by atoms with van der Waals surface area (Å²) >= 11 is 6.18. The topological polar surface area (TPSA) is 114 Å². The van der Waals surface area contributed by atoms with E-state index >= 15 is 0 Å². The zero-order valence-electron chi connectivity index (χ0n) is 40.2. The second kappa shape index (κ2) is 25.4. The van der Waals surface area contributed by atoms with Gasteiger partial charge in [0.15, 0.2) is 0 Å². The Morgan fingerprint density at radius 1 is 0.677 bits per heavy atom.